The van der Waals surface area contributed by atoms with E-state index >= 15 is 0 Å². The number of hydrogen-bond donors (Lipinski definition) is 3. The molecule has 1 atom stereocenters. The zero-order valence-corrected chi connectivity index (χ0v) is 12.3. The minimum atomic E-state index is -0.878. The summed E-state index contributed by atoms with van der Waals surface area (Å²) in [6.45, 7) is 2.66. The fourth-order valence-electron chi connectivity index (χ4n) is 2.79. The van der Waals surface area contributed by atoms with Crippen LogP contribution in [0.4, 0.5) is 4.79 Å². The van der Waals surface area contributed by atoms with Gasteiger partial charge < -0.3 is 20.6 Å². The molecule has 21 heavy (non-hydrogen) atoms. The molecule has 3 N–H and O–H groups in total. The lowest BCUT2D eigenvalue weighted by Crippen LogP contribution is -2.51. The molecule has 2 fully saturated rings. The summed E-state index contributed by atoms with van der Waals surface area (Å²) in [5.74, 6) is -0.619. The number of carbonyl (C=O) groups excluding carboxylic acids is 2. The van der Waals surface area contributed by atoms with Crippen LogP contribution in [0, 0.1) is 5.92 Å². The predicted molar refractivity (Wildman–Crippen MR) is 75.7 cm³/mol. The Bertz CT molecular complexity index is 414. The predicted octanol–water partition coefficient (Wildman–Crippen LogP) is 0.550. The molecule has 1 aliphatic heterocycles. The summed E-state index contributed by atoms with van der Waals surface area (Å²) in [7, 11) is 0. The van der Waals surface area contributed by atoms with Crippen LogP contribution >= 0.6 is 0 Å². The average molecular weight is 297 g/mol. The van der Waals surface area contributed by atoms with Gasteiger partial charge in [-0.2, -0.15) is 0 Å². The standard InChI is InChI=1S/C14H23N3O4/c1-9(18)15-11-4-6-17(7-5-11)14(21)16-12(8-13(19)20)10-2-3-10/h10-12H,2-8H2,1H3,(H,15,18)(H,16,21)(H,19,20). The largest absolute Gasteiger partial charge is 0.481 e. The monoisotopic (exact) mass is 297 g/mol. The number of amides is 3. The molecule has 0 bridgehead atoms. The number of aliphatic carboxylic acids is 1. The maximum Gasteiger partial charge on any atom is 0.317 e. The Hall–Kier alpha value is -1.79. The Balaban J connectivity index is 1.78. The van der Waals surface area contributed by atoms with E-state index in [1.807, 2.05) is 0 Å². The first-order chi connectivity index (χ1) is 9.95. The highest BCUT2D eigenvalue weighted by molar-refractivity contribution is 5.76. The minimum absolute atomic E-state index is 0.0151. The van der Waals surface area contributed by atoms with Crippen molar-refractivity contribution in [3.8, 4) is 0 Å². The zero-order chi connectivity index (χ0) is 15.4. The van der Waals surface area contributed by atoms with Crippen LogP contribution in [0.15, 0.2) is 0 Å². The normalized spacial score (nSPS) is 20.7. The number of carbonyl (C=O) groups is 3. The summed E-state index contributed by atoms with van der Waals surface area (Å²) < 4.78 is 0. The molecule has 1 saturated heterocycles. The van der Waals surface area contributed by atoms with Crippen LogP contribution in [0.3, 0.4) is 0 Å². The van der Waals surface area contributed by atoms with Crippen molar-refractivity contribution in [2.75, 3.05) is 13.1 Å². The number of hydrogen-bond acceptors (Lipinski definition) is 3. The molecule has 1 saturated carbocycles. The molecule has 0 spiro atoms. The van der Waals surface area contributed by atoms with Gasteiger partial charge in [0.2, 0.25) is 5.91 Å². The van der Waals surface area contributed by atoms with Crippen molar-refractivity contribution < 1.29 is 19.5 Å². The first-order valence-corrected chi connectivity index (χ1v) is 7.50. The second kappa shape index (κ2) is 6.78. The van der Waals surface area contributed by atoms with Crippen LogP contribution in [0.25, 0.3) is 0 Å². The van der Waals surface area contributed by atoms with E-state index in [1.54, 1.807) is 4.90 Å². The highest BCUT2D eigenvalue weighted by atomic mass is 16.4. The van der Waals surface area contributed by atoms with Crippen LogP contribution in [-0.2, 0) is 9.59 Å². The van der Waals surface area contributed by atoms with Gasteiger partial charge in [0.15, 0.2) is 0 Å². The van der Waals surface area contributed by atoms with Crippen LogP contribution in [-0.4, -0.2) is 53.1 Å². The van der Waals surface area contributed by atoms with E-state index in [0.29, 0.717) is 19.0 Å². The fourth-order valence-corrected chi connectivity index (χ4v) is 2.79. The molecule has 1 aliphatic carbocycles. The SMILES string of the molecule is CC(=O)NC1CCN(C(=O)NC(CC(=O)O)C2CC2)CC1. The molecular weight excluding hydrogens is 274 g/mol. The van der Waals surface area contributed by atoms with E-state index in [-0.39, 0.29) is 30.4 Å². The van der Waals surface area contributed by atoms with E-state index < -0.39 is 5.97 Å². The number of carboxylic acid groups (broad SMARTS) is 1. The van der Waals surface area contributed by atoms with Gasteiger partial charge in [0.05, 0.1) is 6.42 Å². The van der Waals surface area contributed by atoms with Crippen molar-refractivity contribution in [1.82, 2.24) is 15.5 Å². The molecule has 7 heteroatoms. The van der Waals surface area contributed by atoms with Gasteiger partial charge in [-0.1, -0.05) is 0 Å². The van der Waals surface area contributed by atoms with E-state index in [1.165, 1.54) is 6.92 Å². The Kier molecular flexibility index (Phi) is 5.03. The Morgan fingerprint density at radius 2 is 1.81 bits per heavy atom. The van der Waals surface area contributed by atoms with E-state index in [4.69, 9.17) is 5.11 Å². The van der Waals surface area contributed by atoms with Gasteiger partial charge in [-0.3, -0.25) is 9.59 Å². The number of likely N-dealkylation sites (tertiary alicyclic amines) is 1. The third-order valence-corrected chi connectivity index (χ3v) is 4.08. The molecule has 7 nitrogen and oxygen atoms in total. The Morgan fingerprint density at radius 1 is 1.19 bits per heavy atom. The van der Waals surface area contributed by atoms with Crippen molar-refractivity contribution in [2.24, 2.45) is 5.92 Å². The van der Waals surface area contributed by atoms with Gasteiger partial charge in [-0.05, 0) is 31.6 Å². The Labute approximate surface area is 124 Å². The highest BCUT2D eigenvalue weighted by Crippen LogP contribution is 2.34. The van der Waals surface area contributed by atoms with Crippen molar-refractivity contribution >= 4 is 17.9 Å². The van der Waals surface area contributed by atoms with Gasteiger partial charge >= 0.3 is 12.0 Å². The van der Waals surface area contributed by atoms with Gasteiger partial charge in [0.1, 0.15) is 0 Å². The van der Waals surface area contributed by atoms with E-state index in [0.717, 1.165) is 25.7 Å². The lowest BCUT2D eigenvalue weighted by Gasteiger charge is -2.33. The quantitative estimate of drug-likeness (QED) is 0.690. The maximum absolute atomic E-state index is 12.2. The van der Waals surface area contributed by atoms with Crippen molar-refractivity contribution in [2.45, 2.75) is 51.1 Å². The first kappa shape index (κ1) is 15.6. The van der Waals surface area contributed by atoms with E-state index in [2.05, 4.69) is 10.6 Å². The van der Waals surface area contributed by atoms with Gasteiger partial charge in [0.25, 0.3) is 0 Å². The zero-order valence-electron chi connectivity index (χ0n) is 12.3. The topological polar surface area (TPSA) is 98.7 Å². The molecule has 2 aliphatic rings. The third-order valence-electron chi connectivity index (χ3n) is 4.08. The lowest BCUT2D eigenvalue weighted by molar-refractivity contribution is -0.137. The smallest absolute Gasteiger partial charge is 0.317 e. The molecule has 0 aromatic carbocycles. The summed E-state index contributed by atoms with van der Waals surface area (Å²) in [4.78, 5) is 35.7. The second-order valence-electron chi connectivity index (χ2n) is 5.95. The van der Waals surface area contributed by atoms with Crippen LogP contribution < -0.4 is 10.6 Å². The number of nitrogens with zero attached hydrogens (tertiary/aromatic N) is 1. The lowest BCUT2D eigenvalue weighted by atomic mass is 10.1. The molecule has 1 heterocycles. The number of nitrogens with one attached hydrogen (secondary N) is 2. The molecule has 0 aromatic heterocycles. The van der Waals surface area contributed by atoms with Gasteiger partial charge in [-0.15, -0.1) is 0 Å². The number of rotatable bonds is 5. The van der Waals surface area contributed by atoms with Crippen LogP contribution in [0.5, 0.6) is 0 Å². The molecule has 1 unspecified atom stereocenters. The summed E-state index contributed by atoms with van der Waals surface area (Å²) >= 11 is 0. The third kappa shape index (κ3) is 4.91. The van der Waals surface area contributed by atoms with Crippen LogP contribution in [0.2, 0.25) is 0 Å². The molecule has 2 rings (SSSR count). The molecule has 0 aromatic rings. The van der Waals surface area contributed by atoms with Crippen molar-refractivity contribution in [1.29, 1.82) is 0 Å². The average Bonchev–Trinajstić information content (AvgIpc) is 3.21. The fraction of sp³-hybridized carbons (Fsp3) is 0.786. The van der Waals surface area contributed by atoms with Crippen molar-refractivity contribution in [3.63, 3.8) is 0 Å². The minimum Gasteiger partial charge on any atom is -0.481 e. The molecule has 118 valence electrons. The van der Waals surface area contributed by atoms with Crippen LogP contribution in [0.1, 0.15) is 39.0 Å². The second-order valence-corrected chi connectivity index (χ2v) is 5.95. The summed E-state index contributed by atoms with van der Waals surface area (Å²) in [6, 6.07) is -0.317. The maximum atomic E-state index is 12.2. The van der Waals surface area contributed by atoms with Gasteiger partial charge in [0, 0.05) is 32.1 Å². The summed E-state index contributed by atoms with van der Waals surface area (Å²) in [5.41, 5.74) is 0. The first-order valence-electron chi connectivity index (χ1n) is 7.50. The Morgan fingerprint density at radius 3 is 2.29 bits per heavy atom. The van der Waals surface area contributed by atoms with Gasteiger partial charge in [-0.25, -0.2) is 4.79 Å². The van der Waals surface area contributed by atoms with Crippen molar-refractivity contribution in [3.05, 3.63) is 0 Å². The van der Waals surface area contributed by atoms with E-state index in [9.17, 15) is 14.4 Å². The number of carboxylic acids is 1. The summed E-state index contributed by atoms with van der Waals surface area (Å²) in [6.07, 6.45) is 3.43. The number of piperidine rings is 1. The molecule has 3 amide bonds. The molecular formula is C14H23N3O4. The summed E-state index contributed by atoms with van der Waals surface area (Å²) in [5, 5.41) is 14.6. The molecule has 0 radical (unpaired) electrons. The highest BCUT2D eigenvalue weighted by Gasteiger charge is 2.35. The number of urea groups is 1.